The summed E-state index contributed by atoms with van der Waals surface area (Å²) in [5, 5.41) is 4.67. The molecule has 0 fully saturated rings. The average molecular weight is 347 g/mol. The van der Waals surface area contributed by atoms with Crippen LogP contribution >= 0.6 is 34.8 Å². The van der Waals surface area contributed by atoms with Gasteiger partial charge in [0.2, 0.25) is 0 Å². The maximum absolute atomic E-state index is 13.6. The largest absolute Gasteiger partial charge is 0.310 e. The Balaban J connectivity index is 2.28. The quantitative estimate of drug-likeness (QED) is 0.734. The van der Waals surface area contributed by atoms with E-state index in [0.29, 0.717) is 16.5 Å². The van der Waals surface area contributed by atoms with E-state index in [1.807, 2.05) is 19.1 Å². The summed E-state index contributed by atoms with van der Waals surface area (Å²) < 4.78 is 13.6. The highest BCUT2D eigenvalue weighted by molar-refractivity contribution is 6.35. The fourth-order valence-electron chi connectivity index (χ4n) is 2.19. The lowest BCUT2D eigenvalue weighted by Gasteiger charge is -2.19. The van der Waals surface area contributed by atoms with Gasteiger partial charge in [-0.15, -0.1) is 0 Å². The predicted octanol–water partition coefficient (Wildman–Crippen LogP) is 5.68. The first-order valence-electron chi connectivity index (χ1n) is 6.63. The van der Waals surface area contributed by atoms with Crippen molar-refractivity contribution >= 4 is 34.8 Å². The number of nitrogens with one attached hydrogen (secondary N) is 1. The molecule has 21 heavy (non-hydrogen) atoms. The minimum atomic E-state index is -0.417. The van der Waals surface area contributed by atoms with E-state index in [1.165, 1.54) is 6.07 Å². The van der Waals surface area contributed by atoms with Crippen molar-refractivity contribution in [3.63, 3.8) is 0 Å². The zero-order chi connectivity index (χ0) is 15.4. The maximum Gasteiger partial charge on any atom is 0.142 e. The van der Waals surface area contributed by atoms with E-state index in [1.54, 1.807) is 18.2 Å². The zero-order valence-electron chi connectivity index (χ0n) is 11.5. The van der Waals surface area contributed by atoms with Crippen LogP contribution in [0.25, 0.3) is 0 Å². The highest BCUT2D eigenvalue weighted by Gasteiger charge is 2.15. The third kappa shape index (κ3) is 4.33. The number of benzene rings is 2. The first-order chi connectivity index (χ1) is 10.0. The molecule has 1 atom stereocenters. The SMILES string of the molecule is CCNC(Cc1ccc(Cl)cc1Cl)c1ccc(Cl)c(F)c1. The van der Waals surface area contributed by atoms with Crippen LogP contribution in [0.3, 0.4) is 0 Å². The summed E-state index contributed by atoms with van der Waals surface area (Å²) >= 11 is 17.8. The van der Waals surface area contributed by atoms with Gasteiger partial charge in [-0.05, 0) is 48.4 Å². The molecule has 0 heterocycles. The Morgan fingerprint density at radius 2 is 1.81 bits per heavy atom. The van der Waals surface area contributed by atoms with Crippen LogP contribution in [0, 0.1) is 5.82 Å². The predicted molar refractivity (Wildman–Crippen MR) is 88.0 cm³/mol. The van der Waals surface area contributed by atoms with Gasteiger partial charge in [0.05, 0.1) is 5.02 Å². The molecule has 0 spiro atoms. The van der Waals surface area contributed by atoms with Crippen molar-refractivity contribution in [3.05, 3.63) is 68.4 Å². The first kappa shape index (κ1) is 16.6. The molecule has 0 amide bonds. The Morgan fingerprint density at radius 3 is 2.43 bits per heavy atom. The highest BCUT2D eigenvalue weighted by Crippen LogP contribution is 2.27. The monoisotopic (exact) mass is 345 g/mol. The summed E-state index contributed by atoms with van der Waals surface area (Å²) in [4.78, 5) is 0. The number of rotatable bonds is 5. The summed E-state index contributed by atoms with van der Waals surface area (Å²) in [6, 6.07) is 10.2. The van der Waals surface area contributed by atoms with E-state index in [2.05, 4.69) is 5.32 Å². The molecule has 2 aromatic rings. The summed E-state index contributed by atoms with van der Waals surface area (Å²) in [6.45, 7) is 2.77. The van der Waals surface area contributed by atoms with E-state index < -0.39 is 5.82 Å². The van der Waals surface area contributed by atoms with Crippen molar-refractivity contribution in [3.8, 4) is 0 Å². The lowest BCUT2D eigenvalue weighted by molar-refractivity contribution is 0.543. The van der Waals surface area contributed by atoms with Crippen LogP contribution in [0.5, 0.6) is 0 Å². The van der Waals surface area contributed by atoms with Gasteiger partial charge < -0.3 is 5.32 Å². The zero-order valence-corrected chi connectivity index (χ0v) is 13.7. The average Bonchev–Trinajstić information content (AvgIpc) is 2.44. The second kappa shape index (κ2) is 7.46. The maximum atomic E-state index is 13.6. The Labute approximate surface area is 139 Å². The second-order valence-electron chi connectivity index (χ2n) is 4.72. The minimum absolute atomic E-state index is 0.0413. The van der Waals surface area contributed by atoms with Gasteiger partial charge >= 0.3 is 0 Å². The first-order valence-corrected chi connectivity index (χ1v) is 7.77. The topological polar surface area (TPSA) is 12.0 Å². The molecule has 112 valence electrons. The molecule has 0 saturated carbocycles. The van der Waals surface area contributed by atoms with Gasteiger partial charge in [-0.1, -0.05) is 53.9 Å². The normalized spacial score (nSPS) is 12.4. The van der Waals surface area contributed by atoms with Crippen LogP contribution in [-0.4, -0.2) is 6.54 Å². The van der Waals surface area contributed by atoms with Crippen LogP contribution in [0.2, 0.25) is 15.1 Å². The minimum Gasteiger partial charge on any atom is -0.310 e. The standard InChI is InChI=1S/C16H15Cl3FN/c1-2-21-16(11-4-6-13(18)15(20)7-11)8-10-3-5-12(17)9-14(10)19/h3-7,9,16,21H,2,8H2,1H3. The van der Waals surface area contributed by atoms with Crippen LogP contribution in [0.15, 0.2) is 36.4 Å². The van der Waals surface area contributed by atoms with Gasteiger partial charge in [0.15, 0.2) is 0 Å². The fraction of sp³-hybridized carbons (Fsp3) is 0.250. The van der Waals surface area contributed by atoms with Crippen molar-refractivity contribution in [2.45, 2.75) is 19.4 Å². The lowest BCUT2D eigenvalue weighted by atomic mass is 9.98. The van der Waals surface area contributed by atoms with E-state index in [9.17, 15) is 4.39 Å². The summed E-state index contributed by atoms with van der Waals surface area (Å²) in [5.41, 5.74) is 1.80. The summed E-state index contributed by atoms with van der Waals surface area (Å²) in [6.07, 6.45) is 0.644. The van der Waals surface area contributed by atoms with E-state index >= 15 is 0 Å². The number of hydrogen-bond donors (Lipinski definition) is 1. The Hall–Kier alpha value is -0.800. The molecule has 2 rings (SSSR count). The van der Waals surface area contributed by atoms with Crippen molar-refractivity contribution in [2.75, 3.05) is 6.54 Å². The van der Waals surface area contributed by atoms with E-state index in [-0.39, 0.29) is 11.1 Å². The molecule has 0 radical (unpaired) electrons. The number of likely N-dealkylation sites (N-methyl/N-ethyl adjacent to an activating group) is 1. The van der Waals surface area contributed by atoms with Gasteiger partial charge in [0.25, 0.3) is 0 Å². The Bertz CT molecular complexity index is 631. The van der Waals surface area contributed by atoms with E-state index in [0.717, 1.165) is 17.7 Å². The Kier molecular flexibility index (Phi) is 5.88. The molecular formula is C16H15Cl3FN. The van der Waals surface area contributed by atoms with Crippen molar-refractivity contribution in [2.24, 2.45) is 0 Å². The van der Waals surface area contributed by atoms with Gasteiger partial charge in [-0.2, -0.15) is 0 Å². The lowest BCUT2D eigenvalue weighted by Crippen LogP contribution is -2.23. The van der Waals surface area contributed by atoms with Gasteiger partial charge in [-0.25, -0.2) is 4.39 Å². The van der Waals surface area contributed by atoms with Crippen molar-refractivity contribution in [1.29, 1.82) is 0 Å². The molecule has 0 aromatic heterocycles. The molecular weight excluding hydrogens is 332 g/mol. The second-order valence-corrected chi connectivity index (χ2v) is 5.97. The molecule has 5 heteroatoms. The van der Waals surface area contributed by atoms with Crippen LogP contribution < -0.4 is 5.32 Å². The third-order valence-electron chi connectivity index (χ3n) is 3.24. The molecule has 0 bridgehead atoms. The fourth-order valence-corrected chi connectivity index (χ4v) is 2.79. The number of hydrogen-bond acceptors (Lipinski definition) is 1. The molecule has 0 aliphatic heterocycles. The Morgan fingerprint density at radius 1 is 1.05 bits per heavy atom. The van der Waals surface area contributed by atoms with Crippen molar-refractivity contribution < 1.29 is 4.39 Å². The smallest absolute Gasteiger partial charge is 0.142 e. The van der Waals surface area contributed by atoms with Crippen LogP contribution in [0.4, 0.5) is 4.39 Å². The van der Waals surface area contributed by atoms with Crippen LogP contribution in [-0.2, 0) is 6.42 Å². The third-order valence-corrected chi connectivity index (χ3v) is 4.13. The van der Waals surface area contributed by atoms with E-state index in [4.69, 9.17) is 34.8 Å². The van der Waals surface area contributed by atoms with Crippen molar-refractivity contribution in [1.82, 2.24) is 5.32 Å². The van der Waals surface area contributed by atoms with Crippen LogP contribution in [0.1, 0.15) is 24.1 Å². The van der Waals surface area contributed by atoms with Gasteiger partial charge in [0, 0.05) is 16.1 Å². The molecule has 2 aromatic carbocycles. The van der Waals surface area contributed by atoms with Gasteiger partial charge in [0.1, 0.15) is 5.82 Å². The molecule has 0 saturated heterocycles. The van der Waals surface area contributed by atoms with Gasteiger partial charge in [-0.3, -0.25) is 0 Å². The summed E-state index contributed by atoms with van der Waals surface area (Å²) in [5.74, 6) is -0.417. The molecule has 0 aliphatic rings. The molecule has 1 N–H and O–H groups in total. The summed E-state index contributed by atoms with van der Waals surface area (Å²) in [7, 11) is 0. The number of halogens is 4. The molecule has 1 nitrogen and oxygen atoms in total. The molecule has 0 aliphatic carbocycles. The molecule has 1 unspecified atom stereocenters. The highest BCUT2D eigenvalue weighted by atomic mass is 35.5.